The van der Waals surface area contributed by atoms with Gasteiger partial charge in [0.2, 0.25) is 5.91 Å². The van der Waals surface area contributed by atoms with Gasteiger partial charge in [-0.25, -0.2) is 24.5 Å². The van der Waals surface area contributed by atoms with Gasteiger partial charge in [-0.2, -0.15) is 13.5 Å². The quantitative estimate of drug-likeness (QED) is 0.225. The third-order valence-corrected chi connectivity index (χ3v) is 8.05. The topological polar surface area (TPSA) is 147 Å². The second-order valence-corrected chi connectivity index (χ2v) is 13.9. The van der Waals surface area contributed by atoms with E-state index in [0.717, 1.165) is 15.8 Å². The number of imide groups is 1. The summed E-state index contributed by atoms with van der Waals surface area (Å²) in [6, 6.07) is 10.3. The largest absolute Gasteiger partial charge is 0.497 e. The molecule has 2 aliphatic rings. The number of nitrogens with zero attached hydrogens (tertiary/aromatic N) is 5. The third kappa shape index (κ3) is 6.20. The summed E-state index contributed by atoms with van der Waals surface area (Å²) in [7, 11) is 1.52. The monoisotopic (exact) mass is 678 g/mol. The molecule has 0 unspecified atom stereocenters. The average Bonchev–Trinajstić information content (AvgIpc) is 3.58. The van der Waals surface area contributed by atoms with Gasteiger partial charge in [0.15, 0.2) is 17.4 Å². The number of nitrogens with one attached hydrogen (secondary N) is 1. The van der Waals surface area contributed by atoms with E-state index in [1.165, 1.54) is 7.11 Å². The summed E-state index contributed by atoms with van der Waals surface area (Å²) in [6.45, 7) is 8.74. The van der Waals surface area contributed by atoms with Gasteiger partial charge < -0.3 is 24.3 Å². The molecule has 15 heteroatoms. The number of halogens is 2. The van der Waals surface area contributed by atoms with Crippen LogP contribution in [0.15, 0.2) is 42.6 Å². The molecule has 1 aliphatic carbocycles. The van der Waals surface area contributed by atoms with Crippen molar-refractivity contribution in [2.45, 2.75) is 84.0 Å². The number of carbonyl (C=O) groups is 3. The van der Waals surface area contributed by atoms with Gasteiger partial charge in [-0.3, -0.25) is 4.79 Å². The van der Waals surface area contributed by atoms with Crippen LogP contribution in [0.3, 0.4) is 0 Å². The van der Waals surface area contributed by atoms with Gasteiger partial charge in [0.05, 0.1) is 29.9 Å². The molecule has 1 N–H and O–H groups in total. The van der Waals surface area contributed by atoms with Crippen molar-refractivity contribution in [2.75, 3.05) is 17.3 Å². The first-order valence-electron chi connectivity index (χ1n) is 15.5. The van der Waals surface area contributed by atoms with E-state index in [4.69, 9.17) is 14.2 Å². The lowest BCUT2D eigenvalue weighted by Crippen LogP contribution is -2.41. The Morgan fingerprint density at radius 1 is 1.00 bits per heavy atom. The minimum absolute atomic E-state index is 0.0851. The Hall–Kier alpha value is -5.34. The first-order valence-corrected chi connectivity index (χ1v) is 15.5. The number of aryl methyl sites for hydroxylation is 1. The molecule has 2 atom stereocenters. The highest BCUT2D eigenvalue weighted by molar-refractivity contribution is 6.23. The lowest BCUT2D eigenvalue weighted by molar-refractivity contribution is -0.120. The maximum absolute atomic E-state index is 14.2. The van der Waals surface area contributed by atoms with Crippen molar-refractivity contribution in [3.63, 3.8) is 0 Å². The predicted octanol–water partition coefficient (Wildman–Crippen LogP) is 6.98. The molecule has 0 bridgehead atoms. The Balaban J connectivity index is 1.44. The molecule has 13 nitrogen and oxygen atoms in total. The maximum Gasteiger partial charge on any atom is 0.435 e. The molecule has 4 aromatic rings. The fourth-order valence-corrected chi connectivity index (χ4v) is 6.04. The summed E-state index contributed by atoms with van der Waals surface area (Å²) in [5.41, 5.74) is -0.747. The van der Waals surface area contributed by atoms with Crippen LogP contribution >= 0.6 is 0 Å². The molecule has 6 rings (SSSR count). The summed E-state index contributed by atoms with van der Waals surface area (Å²) in [5, 5.41) is 7.78. The number of rotatable bonds is 6. The predicted molar refractivity (Wildman–Crippen MR) is 174 cm³/mol. The molecule has 1 aliphatic heterocycles. The number of amides is 2. The fraction of sp³-hybridized carbons (Fsp3) is 0.412. The van der Waals surface area contributed by atoms with E-state index in [0.29, 0.717) is 39.9 Å². The number of ether oxygens (including phenoxy) is 4. The number of benzene rings is 2. The first kappa shape index (κ1) is 33.6. The van der Waals surface area contributed by atoms with Crippen LogP contribution in [0, 0.1) is 6.92 Å². The summed E-state index contributed by atoms with van der Waals surface area (Å²) in [5.74, 6) is -0.316. The zero-order valence-corrected chi connectivity index (χ0v) is 28.3. The molecular formula is C34H36F2N6O7. The zero-order valence-electron chi connectivity index (χ0n) is 28.3. The average molecular weight is 679 g/mol. The van der Waals surface area contributed by atoms with Gasteiger partial charge >= 0.3 is 18.8 Å². The Morgan fingerprint density at radius 2 is 1.69 bits per heavy atom. The van der Waals surface area contributed by atoms with Crippen LogP contribution in [0.1, 0.15) is 70.8 Å². The second kappa shape index (κ2) is 11.7. The number of anilines is 3. The van der Waals surface area contributed by atoms with Gasteiger partial charge in [-0.1, -0.05) is 6.07 Å². The van der Waals surface area contributed by atoms with Gasteiger partial charge in [0.1, 0.15) is 22.8 Å². The minimum Gasteiger partial charge on any atom is -0.497 e. The lowest BCUT2D eigenvalue weighted by Gasteiger charge is -2.24. The number of hydrogen-bond donors (Lipinski definition) is 1. The molecule has 0 saturated heterocycles. The van der Waals surface area contributed by atoms with Crippen molar-refractivity contribution >= 4 is 46.3 Å². The minimum atomic E-state index is -3.13. The van der Waals surface area contributed by atoms with Crippen LogP contribution in [0.25, 0.3) is 10.9 Å². The SMILES string of the molecule is COc1ccc2c(c1)[C@]1(C[C@H]1c1ccc3c(Nc4nc(C)ncc4OC(F)F)nn(C(=O)OC(C)(C)C)c3c1)C(=O)N2C(=O)OC(C)(C)C. The molecule has 1 fully saturated rings. The highest BCUT2D eigenvalue weighted by atomic mass is 19.3. The summed E-state index contributed by atoms with van der Waals surface area (Å²) >= 11 is 0. The zero-order chi connectivity index (χ0) is 35.6. The highest BCUT2D eigenvalue weighted by Gasteiger charge is 2.68. The van der Waals surface area contributed by atoms with Crippen LogP contribution in [-0.4, -0.2) is 62.8 Å². The molecular weight excluding hydrogens is 642 g/mol. The van der Waals surface area contributed by atoms with Crippen LogP contribution in [0.2, 0.25) is 0 Å². The molecule has 3 heterocycles. The van der Waals surface area contributed by atoms with E-state index in [1.807, 2.05) is 0 Å². The van der Waals surface area contributed by atoms with Gasteiger partial charge in [-0.15, -0.1) is 5.10 Å². The van der Waals surface area contributed by atoms with Crippen LogP contribution in [-0.2, 0) is 19.7 Å². The Bertz CT molecular complexity index is 2000. The summed E-state index contributed by atoms with van der Waals surface area (Å²) in [6.07, 6.45) is -0.0904. The molecule has 49 heavy (non-hydrogen) atoms. The maximum atomic E-state index is 14.2. The molecule has 1 spiro atoms. The van der Waals surface area contributed by atoms with Crippen LogP contribution in [0.4, 0.5) is 35.7 Å². The number of methoxy groups -OCH3 is 1. The number of alkyl halides is 2. The second-order valence-electron chi connectivity index (χ2n) is 13.9. The van der Waals surface area contributed by atoms with Crippen molar-refractivity contribution < 1.29 is 42.1 Å². The number of fused-ring (bicyclic) bond motifs is 3. The lowest BCUT2D eigenvalue weighted by atomic mass is 9.91. The van der Waals surface area contributed by atoms with Crippen molar-refractivity contribution in [2.24, 2.45) is 0 Å². The van der Waals surface area contributed by atoms with E-state index in [1.54, 1.807) is 84.9 Å². The van der Waals surface area contributed by atoms with E-state index in [2.05, 4.69) is 25.1 Å². The van der Waals surface area contributed by atoms with Crippen molar-refractivity contribution in [3.05, 3.63) is 59.5 Å². The molecule has 258 valence electrons. The van der Waals surface area contributed by atoms with E-state index in [-0.39, 0.29) is 23.2 Å². The highest BCUT2D eigenvalue weighted by Crippen LogP contribution is 2.67. The van der Waals surface area contributed by atoms with Gasteiger partial charge in [0, 0.05) is 11.3 Å². The van der Waals surface area contributed by atoms with Crippen LogP contribution < -0.4 is 19.7 Å². The van der Waals surface area contributed by atoms with E-state index < -0.39 is 47.2 Å². The van der Waals surface area contributed by atoms with Crippen molar-refractivity contribution in [1.82, 2.24) is 19.7 Å². The smallest absolute Gasteiger partial charge is 0.435 e. The van der Waals surface area contributed by atoms with E-state index >= 15 is 0 Å². The Labute approximate surface area is 280 Å². The number of carbonyl (C=O) groups excluding carboxylic acids is 3. The standard InChI is InChI=1S/C34H36F2N6O7/c1-17-37-16-25(47-29(35)36)27(38-17)39-26-20-11-9-18(13-24(20)42(40-26)31(45)49-33(5,6)7)22-15-34(22)21-14-19(46-8)10-12-23(21)41(28(34)43)30(44)48-32(2,3)4/h9-14,16,22,29H,15H2,1-8H3,(H,37,38,39,40)/t22-,34-/m0/s1. The summed E-state index contributed by atoms with van der Waals surface area (Å²) in [4.78, 5) is 50.2. The van der Waals surface area contributed by atoms with Crippen molar-refractivity contribution in [1.29, 1.82) is 0 Å². The number of aromatic nitrogens is 4. The summed E-state index contributed by atoms with van der Waals surface area (Å²) < 4.78 is 48.7. The Kier molecular flexibility index (Phi) is 7.99. The Morgan fingerprint density at radius 3 is 2.35 bits per heavy atom. The molecule has 2 aromatic carbocycles. The molecule has 1 saturated carbocycles. The molecule has 0 radical (unpaired) electrons. The van der Waals surface area contributed by atoms with Crippen LogP contribution in [0.5, 0.6) is 11.5 Å². The molecule has 2 aromatic heterocycles. The normalized spacial score (nSPS) is 18.6. The number of hydrogen-bond acceptors (Lipinski definition) is 11. The third-order valence-electron chi connectivity index (χ3n) is 8.05. The van der Waals surface area contributed by atoms with Crippen molar-refractivity contribution in [3.8, 4) is 11.5 Å². The molecule has 2 amide bonds. The van der Waals surface area contributed by atoms with E-state index in [9.17, 15) is 23.2 Å². The van der Waals surface area contributed by atoms with Gasteiger partial charge in [0.25, 0.3) is 0 Å². The first-order chi connectivity index (χ1) is 22.9. The van der Waals surface area contributed by atoms with Gasteiger partial charge in [-0.05, 0) is 96.3 Å². The fourth-order valence-electron chi connectivity index (χ4n) is 6.04.